The van der Waals surface area contributed by atoms with E-state index in [9.17, 15) is 0 Å². The van der Waals surface area contributed by atoms with Crippen molar-refractivity contribution in [2.24, 2.45) is 0 Å². The van der Waals surface area contributed by atoms with Crippen LogP contribution in [0, 0.1) is 6.92 Å². The van der Waals surface area contributed by atoms with Gasteiger partial charge in [0.2, 0.25) is 11.8 Å². The van der Waals surface area contributed by atoms with Crippen LogP contribution in [0.25, 0.3) is 11.5 Å². The lowest BCUT2D eigenvalue weighted by molar-refractivity contribution is 0.477. The van der Waals surface area contributed by atoms with Crippen LogP contribution in [0.4, 0.5) is 0 Å². The monoisotopic (exact) mass is 279 g/mol. The fraction of sp³-hybridized carbons (Fsp3) is 0.176. The molecule has 0 radical (unpaired) electrons. The van der Waals surface area contributed by atoms with E-state index in [-0.39, 0.29) is 0 Å². The second-order valence-electron chi connectivity index (χ2n) is 4.96. The minimum atomic E-state index is 0.562. The summed E-state index contributed by atoms with van der Waals surface area (Å²) in [6, 6.07) is 18.3. The number of hydrogen-bond donors (Lipinski definition) is 1. The predicted octanol–water partition coefficient (Wildman–Crippen LogP) is 3.33. The molecule has 0 saturated carbocycles. The normalized spacial score (nSPS) is 10.7. The second-order valence-corrected chi connectivity index (χ2v) is 4.96. The number of benzene rings is 2. The topological polar surface area (TPSA) is 51.0 Å². The van der Waals surface area contributed by atoms with Crippen molar-refractivity contribution in [3.63, 3.8) is 0 Å². The summed E-state index contributed by atoms with van der Waals surface area (Å²) in [5, 5.41) is 11.4. The Hall–Kier alpha value is -2.46. The molecule has 0 aliphatic carbocycles. The smallest absolute Gasteiger partial charge is 0.247 e. The Kier molecular flexibility index (Phi) is 4.07. The van der Waals surface area contributed by atoms with E-state index in [0.717, 1.165) is 12.1 Å². The molecule has 106 valence electrons. The molecule has 0 saturated heterocycles. The molecular formula is C17H17N3O. The molecule has 0 unspecified atom stereocenters. The molecule has 0 spiro atoms. The zero-order valence-corrected chi connectivity index (χ0v) is 11.9. The molecule has 1 heterocycles. The first kappa shape index (κ1) is 13.5. The summed E-state index contributed by atoms with van der Waals surface area (Å²) in [6.07, 6.45) is 0. The molecule has 3 aromatic rings. The lowest BCUT2D eigenvalue weighted by Gasteiger charge is -2.01. The van der Waals surface area contributed by atoms with Gasteiger partial charge in [0.15, 0.2) is 0 Å². The molecule has 21 heavy (non-hydrogen) atoms. The van der Waals surface area contributed by atoms with Crippen LogP contribution in [0.15, 0.2) is 59.0 Å². The van der Waals surface area contributed by atoms with E-state index in [4.69, 9.17) is 4.42 Å². The Labute approximate surface area is 123 Å². The molecule has 0 atom stereocenters. The number of rotatable bonds is 5. The SMILES string of the molecule is Cc1ccc(-c2nnc(CNCc3ccccc3)o2)cc1. The molecule has 1 aromatic heterocycles. The van der Waals surface area contributed by atoms with Crippen LogP contribution in [0.3, 0.4) is 0 Å². The van der Waals surface area contributed by atoms with Gasteiger partial charge in [0.1, 0.15) is 0 Å². The van der Waals surface area contributed by atoms with Crippen LogP contribution in [0.1, 0.15) is 17.0 Å². The van der Waals surface area contributed by atoms with Crippen molar-refractivity contribution in [2.75, 3.05) is 0 Å². The predicted molar refractivity (Wildman–Crippen MR) is 81.5 cm³/mol. The fourth-order valence-corrected chi connectivity index (χ4v) is 2.05. The maximum Gasteiger partial charge on any atom is 0.247 e. The van der Waals surface area contributed by atoms with Gasteiger partial charge in [-0.15, -0.1) is 10.2 Å². The molecule has 1 N–H and O–H groups in total. The Balaban J connectivity index is 1.59. The number of aromatic nitrogens is 2. The van der Waals surface area contributed by atoms with E-state index < -0.39 is 0 Å². The third-order valence-corrected chi connectivity index (χ3v) is 3.21. The summed E-state index contributed by atoms with van der Waals surface area (Å²) in [5.74, 6) is 1.16. The van der Waals surface area contributed by atoms with Crippen molar-refractivity contribution in [2.45, 2.75) is 20.0 Å². The van der Waals surface area contributed by atoms with Crippen LogP contribution in [0.2, 0.25) is 0 Å². The van der Waals surface area contributed by atoms with Crippen molar-refractivity contribution in [1.29, 1.82) is 0 Å². The first-order chi connectivity index (χ1) is 10.3. The van der Waals surface area contributed by atoms with Crippen molar-refractivity contribution in [3.8, 4) is 11.5 Å². The summed E-state index contributed by atoms with van der Waals surface area (Å²) in [4.78, 5) is 0. The molecule has 0 aliphatic heterocycles. The van der Waals surface area contributed by atoms with Gasteiger partial charge >= 0.3 is 0 Å². The highest BCUT2D eigenvalue weighted by Gasteiger charge is 2.07. The van der Waals surface area contributed by atoms with Gasteiger partial charge in [0.05, 0.1) is 6.54 Å². The van der Waals surface area contributed by atoms with Crippen molar-refractivity contribution in [1.82, 2.24) is 15.5 Å². The van der Waals surface area contributed by atoms with Gasteiger partial charge in [-0.2, -0.15) is 0 Å². The van der Waals surface area contributed by atoms with E-state index in [2.05, 4.69) is 34.6 Å². The largest absolute Gasteiger partial charge is 0.419 e. The van der Waals surface area contributed by atoms with E-state index in [1.165, 1.54) is 11.1 Å². The molecule has 4 heteroatoms. The molecule has 0 fully saturated rings. The van der Waals surface area contributed by atoms with E-state index in [0.29, 0.717) is 18.3 Å². The second kappa shape index (κ2) is 6.33. The third-order valence-electron chi connectivity index (χ3n) is 3.21. The highest BCUT2D eigenvalue weighted by molar-refractivity contribution is 5.52. The zero-order valence-electron chi connectivity index (χ0n) is 11.9. The molecule has 2 aromatic carbocycles. The van der Waals surface area contributed by atoms with Gasteiger partial charge in [-0.05, 0) is 24.6 Å². The van der Waals surface area contributed by atoms with Gasteiger partial charge in [0, 0.05) is 12.1 Å². The first-order valence-corrected chi connectivity index (χ1v) is 6.95. The molecule has 0 aliphatic rings. The summed E-state index contributed by atoms with van der Waals surface area (Å²) in [7, 11) is 0. The van der Waals surface area contributed by atoms with E-state index in [1.54, 1.807) is 0 Å². The van der Waals surface area contributed by atoms with Gasteiger partial charge in [-0.3, -0.25) is 0 Å². The van der Waals surface area contributed by atoms with Crippen LogP contribution in [-0.4, -0.2) is 10.2 Å². The average molecular weight is 279 g/mol. The molecule has 3 rings (SSSR count). The summed E-state index contributed by atoms with van der Waals surface area (Å²) >= 11 is 0. The maximum atomic E-state index is 5.66. The fourth-order valence-electron chi connectivity index (χ4n) is 2.05. The van der Waals surface area contributed by atoms with E-state index in [1.807, 2.05) is 42.5 Å². The van der Waals surface area contributed by atoms with Gasteiger partial charge in [-0.25, -0.2) is 0 Å². The lowest BCUT2D eigenvalue weighted by Crippen LogP contribution is -2.12. The lowest BCUT2D eigenvalue weighted by atomic mass is 10.1. The van der Waals surface area contributed by atoms with Crippen LogP contribution >= 0.6 is 0 Å². The van der Waals surface area contributed by atoms with Crippen molar-refractivity contribution in [3.05, 3.63) is 71.6 Å². The first-order valence-electron chi connectivity index (χ1n) is 6.95. The van der Waals surface area contributed by atoms with Gasteiger partial charge in [-0.1, -0.05) is 48.0 Å². The standard InChI is InChI=1S/C17H17N3O/c1-13-7-9-15(10-8-13)17-20-19-16(21-17)12-18-11-14-5-3-2-4-6-14/h2-10,18H,11-12H2,1H3. The van der Waals surface area contributed by atoms with Gasteiger partial charge < -0.3 is 9.73 Å². The minimum absolute atomic E-state index is 0.562. The van der Waals surface area contributed by atoms with Crippen molar-refractivity contribution < 1.29 is 4.42 Å². The highest BCUT2D eigenvalue weighted by Crippen LogP contribution is 2.18. The third kappa shape index (κ3) is 3.55. The summed E-state index contributed by atoms with van der Waals surface area (Å²) < 4.78 is 5.66. The van der Waals surface area contributed by atoms with Crippen LogP contribution in [0.5, 0.6) is 0 Å². The molecule has 4 nitrogen and oxygen atoms in total. The number of nitrogens with zero attached hydrogens (tertiary/aromatic N) is 2. The number of aryl methyl sites for hydroxylation is 1. The van der Waals surface area contributed by atoms with Gasteiger partial charge in [0.25, 0.3) is 0 Å². The minimum Gasteiger partial charge on any atom is -0.419 e. The Morgan fingerprint density at radius 2 is 1.67 bits per heavy atom. The highest BCUT2D eigenvalue weighted by atomic mass is 16.4. The zero-order chi connectivity index (χ0) is 14.5. The quantitative estimate of drug-likeness (QED) is 0.778. The maximum absolute atomic E-state index is 5.66. The van der Waals surface area contributed by atoms with Crippen molar-refractivity contribution >= 4 is 0 Å². The van der Waals surface area contributed by atoms with Crippen LogP contribution in [-0.2, 0) is 13.1 Å². The Morgan fingerprint density at radius 1 is 0.905 bits per heavy atom. The Morgan fingerprint density at radius 3 is 2.43 bits per heavy atom. The molecular weight excluding hydrogens is 262 g/mol. The molecule has 0 bridgehead atoms. The molecule has 0 amide bonds. The average Bonchev–Trinajstić information content (AvgIpc) is 2.98. The summed E-state index contributed by atoms with van der Waals surface area (Å²) in [6.45, 7) is 3.40. The Bertz CT molecular complexity index is 690. The number of nitrogens with one attached hydrogen (secondary N) is 1. The van der Waals surface area contributed by atoms with E-state index >= 15 is 0 Å². The van der Waals surface area contributed by atoms with Crippen LogP contribution < -0.4 is 5.32 Å². The summed E-state index contributed by atoms with van der Waals surface area (Å²) in [5.41, 5.74) is 3.39. The number of hydrogen-bond acceptors (Lipinski definition) is 4.